The summed E-state index contributed by atoms with van der Waals surface area (Å²) in [6, 6.07) is 0. The van der Waals surface area contributed by atoms with Gasteiger partial charge >= 0.3 is 5.97 Å². The second-order valence-corrected chi connectivity index (χ2v) is 10.5. The highest BCUT2D eigenvalue weighted by Gasteiger charge is 2.68. The Hall–Kier alpha value is -1.12. The van der Waals surface area contributed by atoms with Crippen LogP contribution in [0, 0.1) is 34.5 Å². The molecule has 0 aliphatic heterocycles. The Labute approximate surface area is 164 Å². The van der Waals surface area contributed by atoms with E-state index in [-0.39, 0.29) is 17.2 Å². The number of hydrogen-bond donors (Lipinski definition) is 0. The number of ketones is 1. The maximum Gasteiger partial charge on any atom is 0.303 e. The molecule has 0 aromatic rings. The Balaban J connectivity index is 1.73. The number of Topliss-reactive ketones (excluding diaryl/α,β-unsaturated/α-hetero) is 1. The van der Waals surface area contributed by atoms with Crippen LogP contribution >= 0.6 is 0 Å². The summed E-state index contributed by atoms with van der Waals surface area (Å²) in [5.74, 6) is 2.24. The number of allylic oxidation sites excluding steroid dienone is 2. The van der Waals surface area contributed by atoms with Gasteiger partial charge in [0.2, 0.25) is 0 Å². The summed E-state index contributed by atoms with van der Waals surface area (Å²) >= 11 is 0. The van der Waals surface area contributed by atoms with E-state index in [1.165, 1.54) is 32.6 Å². The molecule has 7 atom stereocenters. The first-order valence-corrected chi connectivity index (χ1v) is 11.1. The zero-order chi connectivity index (χ0) is 19.6. The molecule has 3 fully saturated rings. The van der Waals surface area contributed by atoms with Gasteiger partial charge in [-0.15, -0.1) is 0 Å². The zero-order valence-corrected chi connectivity index (χ0v) is 17.8. The highest BCUT2D eigenvalue weighted by atomic mass is 16.6. The quantitative estimate of drug-likeness (QED) is 0.476. The third-order valence-corrected chi connectivity index (χ3v) is 9.34. The first-order valence-electron chi connectivity index (χ1n) is 11.1. The molecule has 4 aliphatic carbocycles. The molecule has 3 nitrogen and oxygen atoms in total. The fourth-order valence-electron chi connectivity index (χ4n) is 8.27. The molecule has 0 N–H and O–H groups in total. The van der Waals surface area contributed by atoms with Gasteiger partial charge in [0.1, 0.15) is 0 Å². The first kappa shape index (κ1) is 19.2. The van der Waals surface area contributed by atoms with Gasteiger partial charge in [-0.25, -0.2) is 0 Å². The van der Waals surface area contributed by atoms with Gasteiger partial charge < -0.3 is 4.74 Å². The van der Waals surface area contributed by atoms with Gasteiger partial charge in [0.05, 0.1) is 0 Å². The van der Waals surface area contributed by atoms with Crippen LogP contribution < -0.4 is 0 Å². The molecule has 0 unspecified atom stereocenters. The number of carbonyl (C=O) groups excluding carboxylic acids is 2. The number of hydrogen-bond acceptors (Lipinski definition) is 3. The van der Waals surface area contributed by atoms with Gasteiger partial charge in [-0.2, -0.15) is 0 Å². The average Bonchev–Trinajstić information content (AvgIpc) is 2.88. The Morgan fingerprint density at radius 2 is 1.78 bits per heavy atom. The van der Waals surface area contributed by atoms with Crippen molar-refractivity contribution in [2.24, 2.45) is 34.5 Å². The number of fused-ring (bicyclic) bond motifs is 5. The monoisotopic (exact) mass is 372 g/mol. The van der Waals surface area contributed by atoms with Crippen LogP contribution in [0.4, 0.5) is 0 Å². The topological polar surface area (TPSA) is 43.4 Å². The van der Waals surface area contributed by atoms with Gasteiger partial charge in [-0.3, -0.25) is 9.59 Å². The molecule has 4 rings (SSSR count). The van der Waals surface area contributed by atoms with Gasteiger partial charge in [0, 0.05) is 12.3 Å². The minimum absolute atomic E-state index is 0.0504. The molecular weight excluding hydrogens is 336 g/mol. The Morgan fingerprint density at radius 3 is 2.44 bits per heavy atom. The van der Waals surface area contributed by atoms with Crippen molar-refractivity contribution in [2.45, 2.75) is 91.6 Å². The predicted octanol–water partition coefficient (Wildman–Crippen LogP) is 5.48. The van der Waals surface area contributed by atoms with E-state index < -0.39 is 5.60 Å². The third-order valence-electron chi connectivity index (χ3n) is 9.34. The SMILES string of the molecule is CC(=O)O[C@]1(C(C)=O)CC[C@@H]2[C@@H]3C[C@H](C)C4=CCCC[C@]4(C)[C@@H]3CC[C@@]21C. The lowest BCUT2D eigenvalue weighted by molar-refractivity contribution is -0.187. The van der Waals surface area contributed by atoms with Gasteiger partial charge in [0.15, 0.2) is 11.4 Å². The maximum atomic E-state index is 12.8. The van der Waals surface area contributed by atoms with Crippen LogP contribution in [0.5, 0.6) is 0 Å². The molecule has 0 heterocycles. The highest BCUT2D eigenvalue weighted by Crippen LogP contribution is 2.69. The summed E-state index contributed by atoms with van der Waals surface area (Å²) in [4.78, 5) is 24.7. The van der Waals surface area contributed by atoms with Crippen molar-refractivity contribution in [3.8, 4) is 0 Å². The normalized spacial score (nSPS) is 48.7. The summed E-state index contributed by atoms with van der Waals surface area (Å²) in [5.41, 5.74) is 0.943. The Bertz CT molecular complexity index is 694. The summed E-state index contributed by atoms with van der Waals surface area (Å²) in [5, 5.41) is 0. The zero-order valence-electron chi connectivity index (χ0n) is 17.8. The molecule has 3 saturated carbocycles. The van der Waals surface area contributed by atoms with Crippen molar-refractivity contribution in [2.75, 3.05) is 0 Å². The maximum absolute atomic E-state index is 12.8. The number of carbonyl (C=O) groups is 2. The van der Waals surface area contributed by atoms with Crippen LogP contribution in [-0.2, 0) is 14.3 Å². The number of ether oxygens (including phenoxy) is 1. The molecule has 150 valence electrons. The molecule has 0 aromatic carbocycles. The van der Waals surface area contributed by atoms with E-state index in [9.17, 15) is 9.59 Å². The molecule has 4 aliphatic rings. The van der Waals surface area contributed by atoms with E-state index in [1.807, 2.05) is 0 Å². The standard InChI is InChI=1S/C24H36O3/c1-15-14-18-20(22(4)11-7-6-8-19(15)22)9-12-23(5)21(18)10-13-24(23,16(2)25)27-17(3)26/h8,15,18,20-21H,6-7,9-14H2,1-5H3/t15-,18+,20+,21+,22-,23-,24-/m0/s1. The Kier molecular flexibility index (Phi) is 4.40. The lowest BCUT2D eigenvalue weighted by atomic mass is 9.45. The van der Waals surface area contributed by atoms with E-state index in [2.05, 4.69) is 26.8 Å². The van der Waals surface area contributed by atoms with Crippen LogP contribution in [0.25, 0.3) is 0 Å². The average molecular weight is 373 g/mol. The van der Waals surface area contributed by atoms with E-state index in [4.69, 9.17) is 4.74 Å². The van der Waals surface area contributed by atoms with Crippen LogP contribution in [0.1, 0.15) is 86.0 Å². The summed E-state index contributed by atoms with van der Waals surface area (Å²) in [6.45, 7) is 10.3. The van der Waals surface area contributed by atoms with Crippen LogP contribution in [0.3, 0.4) is 0 Å². The number of esters is 1. The lowest BCUT2D eigenvalue weighted by Gasteiger charge is -2.60. The van der Waals surface area contributed by atoms with E-state index in [0.29, 0.717) is 29.6 Å². The van der Waals surface area contributed by atoms with Crippen LogP contribution in [0.2, 0.25) is 0 Å². The largest absolute Gasteiger partial charge is 0.451 e. The summed E-state index contributed by atoms with van der Waals surface area (Å²) in [6.07, 6.45) is 11.5. The molecule has 0 spiro atoms. The molecule has 0 aromatic heterocycles. The van der Waals surface area contributed by atoms with Crippen molar-refractivity contribution in [3.63, 3.8) is 0 Å². The van der Waals surface area contributed by atoms with Crippen molar-refractivity contribution < 1.29 is 14.3 Å². The smallest absolute Gasteiger partial charge is 0.303 e. The van der Waals surface area contributed by atoms with Crippen molar-refractivity contribution in [1.82, 2.24) is 0 Å². The second kappa shape index (κ2) is 6.19. The molecule has 0 saturated heterocycles. The summed E-state index contributed by atoms with van der Waals surface area (Å²) < 4.78 is 5.87. The minimum Gasteiger partial charge on any atom is -0.451 e. The molecule has 0 radical (unpaired) electrons. The molecular formula is C24H36O3. The van der Waals surface area contributed by atoms with Crippen molar-refractivity contribution in [3.05, 3.63) is 11.6 Å². The molecule has 0 amide bonds. The van der Waals surface area contributed by atoms with Crippen molar-refractivity contribution in [1.29, 1.82) is 0 Å². The van der Waals surface area contributed by atoms with E-state index >= 15 is 0 Å². The fourth-order valence-corrected chi connectivity index (χ4v) is 8.27. The predicted molar refractivity (Wildman–Crippen MR) is 106 cm³/mol. The molecule has 27 heavy (non-hydrogen) atoms. The second-order valence-electron chi connectivity index (χ2n) is 10.5. The first-order chi connectivity index (χ1) is 12.7. The third kappa shape index (κ3) is 2.45. The number of rotatable bonds is 2. The lowest BCUT2D eigenvalue weighted by Crippen LogP contribution is -2.59. The molecule has 0 bridgehead atoms. The van der Waals surface area contributed by atoms with E-state index in [0.717, 1.165) is 25.2 Å². The Morgan fingerprint density at radius 1 is 1.07 bits per heavy atom. The molecule has 3 heteroatoms. The summed E-state index contributed by atoms with van der Waals surface area (Å²) in [7, 11) is 0. The van der Waals surface area contributed by atoms with Crippen LogP contribution in [0.15, 0.2) is 11.6 Å². The van der Waals surface area contributed by atoms with Crippen LogP contribution in [-0.4, -0.2) is 17.4 Å². The van der Waals surface area contributed by atoms with E-state index in [1.54, 1.807) is 12.5 Å². The minimum atomic E-state index is -0.901. The van der Waals surface area contributed by atoms with Gasteiger partial charge in [-0.05, 0) is 87.4 Å². The van der Waals surface area contributed by atoms with Crippen molar-refractivity contribution >= 4 is 11.8 Å². The van der Waals surface area contributed by atoms with Gasteiger partial charge in [0.25, 0.3) is 0 Å². The fraction of sp³-hybridized carbons (Fsp3) is 0.833. The van der Waals surface area contributed by atoms with Gasteiger partial charge in [-0.1, -0.05) is 32.4 Å². The highest BCUT2D eigenvalue weighted by molar-refractivity contribution is 5.89.